The maximum Gasteiger partial charge on any atom is 0.287 e. The number of nitrogens with zero attached hydrogens (tertiary/aromatic N) is 2. The first-order valence-electron chi connectivity index (χ1n) is 8.78. The quantitative estimate of drug-likeness (QED) is 0.579. The fourth-order valence-electron chi connectivity index (χ4n) is 2.98. The number of nitrogens with one attached hydrogen (secondary N) is 1. The monoisotopic (exact) mass is 361 g/mol. The fourth-order valence-corrected chi connectivity index (χ4v) is 2.98. The molecular weight excluding hydrogens is 342 g/mol. The normalized spacial score (nSPS) is 11.0. The summed E-state index contributed by atoms with van der Waals surface area (Å²) in [5.74, 6) is 1.11. The second kappa shape index (κ2) is 7.07. The zero-order chi connectivity index (χ0) is 18.8. The number of hydrogen-bond donors (Lipinski definition) is 1. The summed E-state index contributed by atoms with van der Waals surface area (Å²) >= 11 is 0. The zero-order valence-electron chi connectivity index (χ0n) is 15.2. The largest absolute Gasteiger partial charge is 0.451 e. The highest BCUT2D eigenvalue weighted by Gasteiger charge is 2.17. The minimum atomic E-state index is -0.246. The Kier molecular flexibility index (Phi) is 4.46. The SMILES string of the molecule is Cc1ccc2oc(C(=O)NCCc3nc(-c4ccccc4)no3)c(C)c2c1. The molecule has 0 spiro atoms. The Morgan fingerprint density at radius 3 is 2.74 bits per heavy atom. The minimum absolute atomic E-state index is 0.246. The van der Waals surface area contributed by atoms with Crippen LogP contribution >= 0.6 is 0 Å². The molecule has 0 aliphatic rings. The van der Waals surface area contributed by atoms with Crippen molar-refractivity contribution in [1.82, 2.24) is 15.5 Å². The van der Waals surface area contributed by atoms with E-state index in [0.29, 0.717) is 36.0 Å². The molecule has 4 aromatic rings. The number of fused-ring (bicyclic) bond motifs is 1. The number of rotatable bonds is 5. The van der Waals surface area contributed by atoms with Crippen LogP contribution in [0.25, 0.3) is 22.4 Å². The number of furan rings is 1. The van der Waals surface area contributed by atoms with Crippen molar-refractivity contribution >= 4 is 16.9 Å². The van der Waals surface area contributed by atoms with Crippen molar-refractivity contribution in [1.29, 1.82) is 0 Å². The second-order valence-corrected chi connectivity index (χ2v) is 6.44. The van der Waals surface area contributed by atoms with Gasteiger partial charge in [-0.2, -0.15) is 4.98 Å². The van der Waals surface area contributed by atoms with Crippen LogP contribution in [0.5, 0.6) is 0 Å². The molecule has 6 heteroatoms. The van der Waals surface area contributed by atoms with Gasteiger partial charge in [0, 0.05) is 29.5 Å². The number of carbonyl (C=O) groups excluding carboxylic acids is 1. The summed E-state index contributed by atoms with van der Waals surface area (Å²) in [6.07, 6.45) is 0.448. The third-order valence-electron chi connectivity index (χ3n) is 4.42. The van der Waals surface area contributed by atoms with Crippen molar-refractivity contribution in [3.63, 3.8) is 0 Å². The van der Waals surface area contributed by atoms with Crippen molar-refractivity contribution in [2.45, 2.75) is 20.3 Å². The van der Waals surface area contributed by atoms with Crippen molar-refractivity contribution < 1.29 is 13.7 Å². The molecule has 136 valence electrons. The van der Waals surface area contributed by atoms with E-state index in [4.69, 9.17) is 8.94 Å². The molecule has 2 aromatic heterocycles. The molecule has 0 unspecified atom stereocenters. The van der Waals surface area contributed by atoms with Crippen molar-refractivity contribution in [3.05, 3.63) is 71.3 Å². The van der Waals surface area contributed by atoms with Gasteiger partial charge in [-0.05, 0) is 26.0 Å². The van der Waals surface area contributed by atoms with Crippen LogP contribution in [0.4, 0.5) is 0 Å². The number of benzene rings is 2. The van der Waals surface area contributed by atoms with Gasteiger partial charge in [-0.1, -0.05) is 47.1 Å². The maximum absolute atomic E-state index is 12.5. The third-order valence-corrected chi connectivity index (χ3v) is 4.42. The molecule has 4 rings (SSSR count). The van der Waals surface area contributed by atoms with Gasteiger partial charge in [0.15, 0.2) is 5.76 Å². The van der Waals surface area contributed by atoms with E-state index in [2.05, 4.69) is 15.5 Å². The number of hydrogen-bond acceptors (Lipinski definition) is 5. The van der Waals surface area contributed by atoms with Gasteiger partial charge in [0.25, 0.3) is 5.91 Å². The second-order valence-electron chi connectivity index (χ2n) is 6.44. The first-order chi connectivity index (χ1) is 13.1. The molecule has 1 amide bonds. The minimum Gasteiger partial charge on any atom is -0.451 e. The van der Waals surface area contributed by atoms with Crippen LogP contribution in [0.3, 0.4) is 0 Å². The lowest BCUT2D eigenvalue weighted by atomic mass is 10.1. The molecule has 0 aliphatic heterocycles. The van der Waals surface area contributed by atoms with Gasteiger partial charge in [-0.3, -0.25) is 4.79 Å². The number of amides is 1. The molecule has 0 saturated carbocycles. The lowest BCUT2D eigenvalue weighted by Gasteiger charge is -2.01. The van der Waals surface area contributed by atoms with Crippen molar-refractivity contribution in [2.75, 3.05) is 6.54 Å². The van der Waals surface area contributed by atoms with Crippen LogP contribution in [0, 0.1) is 13.8 Å². The summed E-state index contributed by atoms with van der Waals surface area (Å²) in [5, 5.41) is 7.79. The summed E-state index contributed by atoms with van der Waals surface area (Å²) < 4.78 is 11.0. The molecular formula is C21H19N3O3. The Morgan fingerprint density at radius 2 is 1.93 bits per heavy atom. The van der Waals surface area contributed by atoms with Crippen LogP contribution in [0.1, 0.15) is 27.6 Å². The van der Waals surface area contributed by atoms with Gasteiger partial charge < -0.3 is 14.3 Å². The first kappa shape index (κ1) is 17.0. The Balaban J connectivity index is 1.40. The van der Waals surface area contributed by atoms with Crippen LogP contribution in [-0.4, -0.2) is 22.6 Å². The summed E-state index contributed by atoms with van der Waals surface area (Å²) in [4.78, 5) is 16.8. The van der Waals surface area contributed by atoms with Gasteiger partial charge in [0.2, 0.25) is 11.7 Å². The van der Waals surface area contributed by atoms with Crippen LogP contribution in [-0.2, 0) is 6.42 Å². The fraction of sp³-hybridized carbons (Fsp3) is 0.190. The van der Waals surface area contributed by atoms with E-state index < -0.39 is 0 Å². The van der Waals surface area contributed by atoms with Gasteiger partial charge in [0.1, 0.15) is 5.58 Å². The number of aromatic nitrogens is 2. The van der Waals surface area contributed by atoms with Crippen LogP contribution in [0.2, 0.25) is 0 Å². The van der Waals surface area contributed by atoms with E-state index in [-0.39, 0.29) is 5.91 Å². The van der Waals surface area contributed by atoms with Gasteiger partial charge in [-0.25, -0.2) is 0 Å². The molecule has 6 nitrogen and oxygen atoms in total. The molecule has 0 radical (unpaired) electrons. The summed E-state index contributed by atoms with van der Waals surface area (Å²) in [7, 11) is 0. The number of carbonyl (C=O) groups is 1. The number of aryl methyl sites for hydroxylation is 2. The molecule has 27 heavy (non-hydrogen) atoms. The van der Waals surface area contributed by atoms with E-state index in [1.165, 1.54) is 0 Å². The molecule has 1 N–H and O–H groups in total. The van der Waals surface area contributed by atoms with Crippen LogP contribution < -0.4 is 5.32 Å². The Hall–Kier alpha value is -3.41. The summed E-state index contributed by atoms with van der Waals surface area (Å²) in [6.45, 7) is 4.29. The van der Waals surface area contributed by atoms with E-state index in [9.17, 15) is 4.79 Å². The Morgan fingerprint density at radius 1 is 1.11 bits per heavy atom. The lowest BCUT2D eigenvalue weighted by molar-refractivity contribution is 0.0927. The van der Waals surface area contributed by atoms with E-state index in [1.807, 2.05) is 62.4 Å². The molecule has 2 aromatic carbocycles. The first-order valence-corrected chi connectivity index (χ1v) is 8.78. The highest BCUT2D eigenvalue weighted by atomic mass is 16.5. The zero-order valence-corrected chi connectivity index (χ0v) is 15.2. The molecule has 2 heterocycles. The topological polar surface area (TPSA) is 81.2 Å². The average Bonchev–Trinajstić information content (AvgIpc) is 3.28. The predicted octanol–water partition coefficient (Wildman–Crippen LogP) is 4.07. The Labute approximate surface area is 156 Å². The van der Waals surface area contributed by atoms with E-state index in [0.717, 1.165) is 22.1 Å². The summed E-state index contributed by atoms with van der Waals surface area (Å²) in [5.41, 5.74) is 3.58. The van der Waals surface area contributed by atoms with Crippen molar-refractivity contribution in [2.24, 2.45) is 0 Å². The van der Waals surface area contributed by atoms with E-state index in [1.54, 1.807) is 0 Å². The van der Waals surface area contributed by atoms with Crippen LogP contribution in [0.15, 0.2) is 57.5 Å². The molecule has 0 saturated heterocycles. The lowest BCUT2D eigenvalue weighted by Crippen LogP contribution is -2.25. The van der Waals surface area contributed by atoms with E-state index >= 15 is 0 Å². The smallest absolute Gasteiger partial charge is 0.287 e. The molecule has 0 aliphatic carbocycles. The molecule has 0 bridgehead atoms. The standard InChI is InChI=1S/C21H19N3O3/c1-13-8-9-17-16(12-13)14(2)19(26-17)21(25)22-11-10-18-23-20(24-27-18)15-6-4-3-5-7-15/h3-9,12H,10-11H2,1-2H3,(H,22,25). The average molecular weight is 361 g/mol. The van der Waals surface area contributed by atoms with Crippen molar-refractivity contribution in [3.8, 4) is 11.4 Å². The highest BCUT2D eigenvalue weighted by molar-refractivity contribution is 5.99. The highest BCUT2D eigenvalue weighted by Crippen LogP contribution is 2.26. The van der Waals surface area contributed by atoms with Gasteiger partial charge in [0.05, 0.1) is 0 Å². The molecule has 0 atom stereocenters. The maximum atomic E-state index is 12.5. The molecule has 0 fully saturated rings. The third kappa shape index (κ3) is 3.46. The van der Waals surface area contributed by atoms with Gasteiger partial charge >= 0.3 is 0 Å². The predicted molar refractivity (Wildman–Crippen MR) is 101 cm³/mol. The Bertz CT molecular complexity index is 1100. The summed E-state index contributed by atoms with van der Waals surface area (Å²) in [6, 6.07) is 15.5. The van der Waals surface area contributed by atoms with Gasteiger partial charge in [-0.15, -0.1) is 0 Å².